The fourth-order valence-corrected chi connectivity index (χ4v) is 2.18. The molecule has 0 saturated heterocycles. The largest absolute Gasteiger partial charge is 0.389 e. The fourth-order valence-electron chi connectivity index (χ4n) is 1.62. The first-order valence-electron chi connectivity index (χ1n) is 5.60. The van der Waals surface area contributed by atoms with Crippen molar-refractivity contribution in [2.45, 2.75) is 6.92 Å². The van der Waals surface area contributed by atoms with Gasteiger partial charge < -0.3 is 11.1 Å². The van der Waals surface area contributed by atoms with Crippen LogP contribution in [0.4, 0.5) is 11.4 Å². The van der Waals surface area contributed by atoms with Crippen LogP contribution in [0.25, 0.3) is 0 Å². The lowest BCUT2D eigenvalue weighted by molar-refractivity contribution is 1.45. The van der Waals surface area contributed by atoms with Crippen LogP contribution in [0.3, 0.4) is 0 Å². The average Bonchev–Trinajstić information content (AvgIpc) is 2.36. The van der Waals surface area contributed by atoms with Crippen molar-refractivity contribution in [1.29, 1.82) is 0 Å². The quantitative estimate of drug-likeness (QED) is 0.808. The van der Waals surface area contributed by atoms with E-state index in [4.69, 9.17) is 41.2 Å². The van der Waals surface area contributed by atoms with E-state index in [9.17, 15) is 0 Å². The van der Waals surface area contributed by atoms with Gasteiger partial charge in [0.05, 0.1) is 10.7 Å². The third kappa shape index (κ3) is 3.38. The van der Waals surface area contributed by atoms with Gasteiger partial charge in [0, 0.05) is 16.3 Å². The molecule has 0 atom stereocenters. The van der Waals surface area contributed by atoms with Crippen LogP contribution < -0.4 is 11.1 Å². The Morgan fingerprint density at radius 2 is 1.74 bits per heavy atom. The summed E-state index contributed by atoms with van der Waals surface area (Å²) in [5.74, 6) is 0. The summed E-state index contributed by atoms with van der Waals surface area (Å²) >= 11 is 17.2. The number of nitrogens with one attached hydrogen (secondary N) is 1. The summed E-state index contributed by atoms with van der Waals surface area (Å²) < 4.78 is 0. The number of hydrogen-bond acceptors (Lipinski definition) is 2. The molecule has 0 saturated carbocycles. The molecular weight excluding hydrogens is 299 g/mol. The Labute approximate surface area is 127 Å². The molecule has 2 rings (SSSR count). The maximum Gasteiger partial charge on any atom is 0.103 e. The molecule has 2 nitrogen and oxygen atoms in total. The van der Waals surface area contributed by atoms with Crippen LogP contribution in [-0.2, 0) is 0 Å². The lowest BCUT2D eigenvalue weighted by atomic mass is 10.2. The molecule has 0 aromatic heterocycles. The number of aryl methyl sites for hydroxylation is 1. The van der Waals surface area contributed by atoms with Crippen molar-refractivity contribution in [3.63, 3.8) is 0 Å². The van der Waals surface area contributed by atoms with E-state index in [1.54, 1.807) is 6.07 Å². The van der Waals surface area contributed by atoms with Gasteiger partial charge in [-0.2, -0.15) is 0 Å². The molecule has 2 aromatic rings. The highest BCUT2D eigenvalue weighted by molar-refractivity contribution is 7.80. The van der Waals surface area contributed by atoms with Crippen molar-refractivity contribution in [3.8, 4) is 0 Å². The molecule has 0 fully saturated rings. The number of halogens is 2. The van der Waals surface area contributed by atoms with E-state index in [0.717, 1.165) is 22.5 Å². The first-order valence-corrected chi connectivity index (χ1v) is 6.76. The average molecular weight is 311 g/mol. The minimum Gasteiger partial charge on any atom is -0.389 e. The van der Waals surface area contributed by atoms with Gasteiger partial charge in [-0.25, -0.2) is 0 Å². The van der Waals surface area contributed by atoms with Crippen LogP contribution in [0.2, 0.25) is 10.0 Å². The van der Waals surface area contributed by atoms with Crippen LogP contribution in [0, 0.1) is 6.92 Å². The number of thiocarbonyl (C=S) groups is 1. The van der Waals surface area contributed by atoms with Gasteiger partial charge in [-0.3, -0.25) is 0 Å². The van der Waals surface area contributed by atoms with E-state index in [2.05, 4.69) is 5.32 Å². The van der Waals surface area contributed by atoms with Gasteiger partial charge in [0.25, 0.3) is 0 Å². The van der Waals surface area contributed by atoms with E-state index in [0.29, 0.717) is 15.0 Å². The molecule has 0 spiro atoms. The molecule has 0 unspecified atom stereocenters. The van der Waals surface area contributed by atoms with Crippen molar-refractivity contribution in [3.05, 3.63) is 57.6 Å². The second-order valence-electron chi connectivity index (χ2n) is 4.15. The van der Waals surface area contributed by atoms with Crippen LogP contribution in [0.15, 0.2) is 36.4 Å². The van der Waals surface area contributed by atoms with Gasteiger partial charge in [0.15, 0.2) is 0 Å². The Morgan fingerprint density at radius 1 is 1.11 bits per heavy atom. The Kier molecular flexibility index (Phi) is 4.30. The van der Waals surface area contributed by atoms with E-state index in [1.165, 1.54) is 0 Å². The highest BCUT2D eigenvalue weighted by Gasteiger charge is 2.05. The Morgan fingerprint density at radius 3 is 2.32 bits per heavy atom. The number of rotatable bonds is 3. The maximum atomic E-state index is 6.17. The van der Waals surface area contributed by atoms with Crippen molar-refractivity contribution in [2.75, 3.05) is 5.32 Å². The van der Waals surface area contributed by atoms with Gasteiger partial charge in [-0.1, -0.05) is 35.4 Å². The van der Waals surface area contributed by atoms with Crippen LogP contribution in [0.5, 0.6) is 0 Å². The predicted molar refractivity (Wildman–Crippen MR) is 86.8 cm³/mol. The Bertz CT molecular complexity index is 624. The molecule has 0 heterocycles. The number of anilines is 2. The van der Waals surface area contributed by atoms with Crippen molar-refractivity contribution in [1.82, 2.24) is 0 Å². The van der Waals surface area contributed by atoms with Crippen molar-refractivity contribution < 1.29 is 0 Å². The van der Waals surface area contributed by atoms with Gasteiger partial charge in [-0.15, -0.1) is 0 Å². The maximum absolute atomic E-state index is 6.17. The predicted octanol–water partition coefficient (Wildman–Crippen LogP) is 4.68. The Hall–Kier alpha value is -1.29. The van der Waals surface area contributed by atoms with E-state index in [-0.39, 0.29) is 0 Å². The zero-order valence-electron chi connectivity index (χ0n) is 10.2. The molecule has 0 aliphatic rings. The van der Waals surface area contributed by atoms with Crippen LogP contribution in [0.1, 0.15) is 11.1 Å². The molecule has 2 aromatic carbocycles. The molecule has 0 aliphatic carbocycles. The normalized spacial score (nSPS) is 10.3. The standard InChI is InChI=1S/C14H12Cl2N2S/c1-8-6-12(16)13(7-11(8)15)18-10-4-2-9(3-5-10)14(17)19/h2-7,18H,1H3,(H2,17,19). The summed E-state index contributed by atoms with van der Waals surface area (Å²) in [4.78, 5) is 0.378. The summed E-state index contributed by atoms with van der Waals surface area (Å²) in [6.07, 6.45) is 0. The minimum absolute atomic E-state index is 0.378. The summed E-state index contributed by atoms with van der Waals surface area (Å²) in [5, 5.41) is 4.50. The van der Waals surface area contributed by atoms with Gasteiger partial charge in [-0.05, 0) is 48.9 Å². The van der Waals surface area contributed by atoms with Crippen molar-refractivity contribution >= 4 is 51.8 Å². The van der Waals surface area contributed by atoms with E-state index in [1.807, 2.05) is 37.3 Å². The summed E-state index contributed by atoms with van der Waals surface area (Å²) in [7, 11) is 0. The zero-order valence-corrected chi connectivity index (χ0v) is 12.5. The first kappa shape index (κ1) is 14.1. The summed E-state index contributed by atoms with van der Waals surface area (Å²) in [6, 6.07) is 11.1. The Balaban J connectivity index is 2.26. The minimum atomic E-state index is 0.378. The summed E-state index contributed by atoms with van der Waals surface area (Å²) in [5.41, 5.74) is 8.98. The highest BCUT2D eigenvalue weighted by atomic mass is 35.5. The van der Waals surface area contributed by atoms with Gasteiger partial charge in [0.2, 0.25) is 0 Å². The van der Waals surface area contributed by atoms with E-state index < -0.39 is 0 Å². The highest BCUT2D eigenvalue weighted by Crippen LogP contribution is 2.31. The molecular formula is C14H12Cl2N2S. The lowest BCUT2D eigenvalue weighted by Crippen LogP contribution is -2.08. The number of nitrogens with two attached hydrogens (primary N) is 1. The second-order valence-corrected chi connectivity index (χ2v) is 5.40. The lowest BCUT2D eigenvalue weighted by Gasteiger charge is -2.11. The smallest absolute Gasteiger partial charge is 0.103 e. The second kappa shape index (κ2) is 5.78. The number of hydrogen-bond donors (Lipinski definition) is 2. The van der Waals surface area contributed by atoms with Crippen molar-refractivity contribution in [2.24, 2.45) is 5.73 Å². The molecule has 0 amide bonds. The number of benzene rings is 2. The first-order chi connectivity index (χ1) is 8.97. The van der Waals surface area contributed by atoms with Crippen LogP contribution >= 0.6 is 35.4 Å². The van der Waals surface area contributed by atoms with E-state index >= 15 is 0 Å². The molecule has 19 heavy (non-hydrogen) atoms. The molecule has 0 radical (unpaired) electrons. The molecule has 5 heteroatoms. The van der Waals surface area contributed by atoms with Gasteiger partial charge in [0.1, 0.15) is 4.99 Å². The third-order valence-corrected chi connectivity index (χ3v) is 3.65. The summed E-state index contributed by atoms with van der Waals surface area (Å²) in [6.45, 7) is 1.91. The molecule has 3 N–H and O–H groups in total. The third-order valence-electron chi connectivity index (χ3n) is 2.70. The van der Waals surface area contributed by atoms with Gasteiger partial charge >= 0.3 is 0 Å². The zero-order chi connectivity index (χ0) is 14.0. The molecule has 98 valence electrons. The monoisotopic (exact) mass is 310 g/mol. The molecule has 0 aliphatic heterocycles. The fraction of sp³-hybridized carbons (Fsp3) is 0.0714. The topological polar surface area (TPSA) is 38.0 Å². The molecule has 0 bridgehead atoms. The SMILES string of the molecule is Cc1cc(Cl)c(Nc2ccc(C(N)=S)cc2)cc1Cl. The van der Waals surface area contributed by atoms with Crippen LogP contribution in [-0.4, -0.2) is 4.99 Å².